The standard InChI is InChI=1S/C18H18N2/c1-20-12-11-15(14-20)13-19-18-10-6-5-9-17(18)16-7-3-2-4-8-16/h2-12,14,19H,13H2,1H3. The molecule has 0 aliphatic rings. The van der Waals surface area contributed by atoms with Gasteiger partial charge in [-0.15, -0.1) is 0 Å². The van der Waals surface area contributed by atoms with Crippen LogP contribution in [0.3, 0.4) is 0 Å². The molecular formula is C18H18N2. The zero-order valence-electron chi connectivity index (χ0n) is 11.6. The van der Waals surface area contributed by atoms with Crippen molar-refractivity contribution in [3.63, 3.8) is 0 Å². The summed E-state index contributed by atoms with van der Waals surface area (Å²) in [5.74, 6) is 0. The van der Waals surface area contributed by atoms with E-state index < -0.39 is 0 Å². The molecule has 2 nitrogen and oxygen atoms in total. The maximum atomic E-state index is 3.53. The van der Waals surface area contributed by atoms with E-state index in [0.29, 0.717) is 0 Å². The molecule has 0 bridgehead atoms. The summed E-state index contributed by atoms with van der Waals surface area (Å²) in [6, 6.07) is 21.0. The highest BCUT2D eigenvalue weighted by atomic mass is 14.9. The van der Waals surface area contributed by atoms with Crippen molar-refractivity contribution in [2.75, 3.05) is 5.32 Å². The molecule has 1 heterocycles. The van der Waals surface area contributed by atoms with Gasteiger partial charge in [0.1, 0.15) is 0 Å². The fourth-order valence-corrected chi connectivity index (χ4v) is 2.37. The molecule has 0 unspecified atom stereocenters. The number of nitrogens with zero attached hydrogens (tertiary/aromatic N) is 1. The van der Waals surface area contributed by atoms with Crippen molar-refractivity contribution >= 4 is 5.69 Å². The van der Waals surface area contributed by atoms with Crippen molar-refractivity contribution in [1.29, 1.82) is 0 Å². The van der Waals surface area contributed by atoms with Crippen LogP contribution in [0.2, 0.25) is 0 Å². The number of nitrogens with one attached hydrogen (secondary N) is 1. The quantitative estimate of drug-likeness (QED) is 0.741. The summed E-state index contributed by atoms with van der Waals surface area (Å²) in [5.41, 5.74) is 4.94. The van der Waals surface area contributed by atoms with Gasteiger partial charge in [0.2, 0.25) is 0 Å². The number of aromatic nitrogens is 1. The predicted octanol–water partition coefficient (Wildman–Crippen LogP) is 4.30. The minimum Gasteiger partial charge on any atom is -0.380 e. The molecular weight excluding hydrogens is 244 g/mol. The second kappa shape index (κ2) is 5.66. The van der Waals surface area contributed by atoms with E-state index in [4.69, 9.17) is 0 Å². The molecule has 0 aliphatic heterocycles. The van der Waals surface area contributed by atoms with Gasteiger partial charge < -0.3 is 9.88 Å². The summed E-state index contributed by atoms with van der Waals surface area (Å²) >= 11 is 0. The molecule has 0 amide bonds. The molecule has 1 N–H and O–H groups in total. The lowest BCUT2D eigenvalue weighted by Gasteiger charge is -2.11. The third-order valence-corrected chi connectivity index (χ3v) is 3.39. The third kappa shape index (κ3) is 2.75. The molecule has 20 heavy (non-hydrogen) atoms. The van der Waals surface area contributed by atoms with E-state index in [9.17, 15) is 0 Å². The third-order valence-electron chi connectivity index (χ3n) is 3.39. The van der Waals surface area contributed by atoms with Crippen molar-refractivity contribution in [1.82, 2.24) is 4.57 Å². The van der Waals surface area contributed by atoms with E-state index >= 15 is 0 Å². The van der Waals surface area contributed by atoms with Crippen LogP contribution in [0.1, 0.15) is 5.56 Å². The SMILES string of the molecule is Cn1ccc(CNc2ccccc2-c2ccccc2)c1. The first-order valence-corrected chi connectivity index (χ1v) is 6.82. The Balaban J connectivity index is 1.83. The van der Waals surface area contributed by atoms with Crippen LogP contribution in [0.4, 0.5) is 5.69 Å². The van der Waals surface area contributed by atoms with E-state index in [2.05, 4.69) is 76.9 Å². The monoisotopic (exact) mass is 262 g/mol. The van der Waals surface area contributed by atoms with Crippen LogP contribution in [-0.4, -0.2) is 4.57 Å². The molecule has 100 valence electrons. The van der Waals surface area contributed by atoms with Crippen LogP contribution in [0.5, 0.6) is 0 Å². The summed E-state index contributed by atoms with van der Waals surface area (Å²) in [5, 5.41) is 3.53. The second-order valence-corrected chi connectivity index (χ2v) is 4.95. The lowest BCUT2D eigenvalue weighted by Crippen LogP contribution is -2.00. The first kappa shape index (κ1) is 12.5. The Morgan fingerprint density at radius 2 is 1.65 bits per heavy atom. The fraction of sp³-hybridized carbons (Fsp3) is 0.111. The van der Waals surface area contributed by atoms with Gasteiger partial charge in [-0.2, -0.15) is 0 Å². The van der Waals surface area contributed by atoms with Gasteiger partial charge in [-0.25, -0.2) is 0 Å². The van der Waals surface area contributed by atoms with E-state index in [1.165, 1.54) is 22.4 Å². The predicted molar refractivity (Wildman–Crippen MR) is 84.6 cm³/mol. The Kier molecular flexibility index (Phi) is 3.55. The highest BCUT2D eigenvalue weighted by molar-refractivity contribution is 5.77. The summed E-state index contributed by atoms with van der Waals surface area (Å²) < 4.78 is 2.07. The molecule has 0 spiro atoms. The van der Waals surface area contributed by atoms with Crippen molar-refractivity contribution in [2.24, 2.45) is 7.05 Å². The van der Waals surface area contributed by atoms with Crippen LogP contribution in [0.15, 0.2) is 73.1 Å². The van der Waals surface area contributed by atoms with E-state index in [0.717, 1.165) is 6.54 Å². The van der Waals surface area contributed by atoms with Gasteiger partial charge in [-0.3, -0.25) is 0 Å². The summed E-state index contributed by atoms with van der Waals surface area (Å²) in [7, 11) is 2.04. The number of rotatable bonds is 4. The largest absolute Gasteiger partial charge is 0.380 e. The average Bonchev–Trinajstić information content (AvgIpc) is 2.92. The highest BCUT2D eigenvalue weighted by Gasteiger charge is 2.04. The van der Waals surface area contributed by atoms with Crippen molar-refractivity contribution in [3.05, 3.63) is 78.6 Å². The van der Waals surface area contributed by atoms with Gasteiger partial charge in [0, 0.05) is 37.2 Å². The summed E-state index contributed by atoms with van der Waals surface area (Å²) in [6.07, 6.45) is 4.21. The first-order valence-electron chi connectivity index (χ1n) is 6.82. The Morgan fingerprint density at radius 3 is 2.40 bits per heavy atom. The van der Waals surface area contributed by atoms with Crippen LogP contribution in [-0.2, 0) is 13.6 Å². The molecule has 3 aromatic rings. The lowest BCUT2D eigenvalue weighted by molar-refractivity contribution is 0.920. The Labute approximate surface area is 119 Å². The molecule has 3 rings (SSSR count). The normalized spacial score (nSPS) is 10.4. The van der Waals surface area contributed by atoms with Gasteiger partial charge in [0.15, 0.2) is 0 Å². The molecule has 0 atom stereocenters. The van der Waals surface area contributed by atoms with Gasteiger partial charge in [-0.1, -0.05) is 48.5 Å². The molecule has 0 saturated heterocycles. The number of hydrogen-bond acceptors (Lipinski definition) is 1. The second-order valence-electron chi connectivity index (χ2n) is 4.95. The van der Waals surface area contributed by atoms with E-state index in [1.54, 1.807) is 0 Å². The average molecular weight is 262 g/mol. The number of para-hydroxylation sites is 1. The van der Waals surface area contributed by atoms with Crippen molar-refractivity contribution in [3.8, 4) is 11.1 Å². The Bertz CT molecular complexity index is 683. The Morgan fingerprint density at radius 1 is 0.900 bits per heavy atom. The molecule has 1 aromatic heterocycles. The van der Waals surface area contributed by atoms with E-state index in [1.807, 2.05) is 13.1 Å². The summed E-state index contributed by atoms with van der Waals surface area (Å²) in [6.45, 7) is 0.838. The number of benzene rings is 2. The zero-order chi connectivity index (χ0) is 13.8. The minimum absolute atomic E-state index is 0.838. The molecule has 0 saturated carbocycles. The van der Waals surface area contributed by atoms with E-state index in [-0.39, 0.29) is 0 Å². The molecule has 2 heteroatoms. The maximum absolute atomic E-state index is 3.53. The van der Waals surface area contributed by atoms with Crippen LogP contribution >= 0.6 is 0 Å². The van der Waals surface area contributed by atoms with Crippen LogP contribution in [0, 0.1) is 0 Å². The van der Waals surface area contributed by atoms with Crippen molar-refractivity contribution < 1.29 is 0 Å². The highest BCUT2D eigenvalue weighted by Crippen LogP contribution is 2.27. The molecule has 0 fully saturated rings. The van der Waals surface area contributed by atoms with Gasteiger partial charge >= 0.3 is 0 Å². The summed E-state index contributed by atoms with van der Waals surface area (Å²) in [4.78, 5) is 0. The number of aryl methyl sites for hydroxylation is 1. The van der Waals surface area contributed by atoms with Crippen molar-refractivity contribution in [2.45, 2.75) is 6.54 Å². The number of hydrogen-bond donors (Lipinski definition) is 1. The van der Waals surface area contributed by atoms with Gasteiger partial charge in [0.25, 0.3) is 0 Å². The maximum Gasteiger partial charge on any atom is 0.0422 e. The molecule has 0 radical (unpaired) electrons. The van der Waals surface area contributed by atoms with Gasteiger partial charge in [0.05, 0.1) is 0 Å². The van der Waals surface area contributed by atoms with Crippen LogP contribution in [0.25, 0.3) is 11.1 Å². The number of anilines is 1. The molecule has 0 aliphatic carbocycles. The fourth-order valence-electron chi connectivity index (χ4n) is 2.37. The molecule has 2 aromatic carbocycles. The lowest BCUT2D eigenvalue weighted by atomic mass is 10.0. The first-order chi connectivity index (χ1) is 9.83. The smallest absolute Gasteiger partial charge is 0.0422 e. The van der Waals surface area contributed by atoms with Gasteiger partial charge in [-0.05, 0) is 23.3 Å². The topological polar surface area (TPSA) is 17.0 Å². The zero-order valence-corrected chi connectivity index (χ0v) is 11.6. The van der Waals surface area contributed by atoms with Crippen LogP contribution < -0.4 is 5.32 Å². The minimum atomic E-state index is 0.838. The Hall–Kier alpha value is -2.48.